The molecule has 0 amide bonds. The highest BCUT2D eigenvalue weighted by Gasteiger charge is 2.31. The molecule has 118 valence electrons. The van der Waals surface area contributed by atoms with Gasteiger partial charge in [-0.15, -0.1) is 0 Å². The van der Waals surface area contributed by atoms with E-state index in [-0.39, 0.29) is 6.54 Å². The summed E-state index contributed by atoms with van der Waals surface area (Å²) in [7, 11) is 0.408. The molecule has 1 heterocycles. The van der Waals surface area contributed by atoms with Crippen molar-refractivity contribution in [1.82, 2.24) is 13.9 Å². The first-order chi connectivity index (χ1) is 9.33. The fraction of sp³-hybridized carbons (Fsp3) is 0.917. The first-order valence-corrected chi connectivity index (χ1v) is 8.39. The normalized spacial score (nSPS) is 21.2. The van der Waals surface area contributed by atoms with Gasteiger partial charge in [0.05, 0.1) is 5.92 Å². The van der Waals surface area contributed by atoms with Gasteiger partial charge in [-0.05, 0) is 46.3 Å². The number of piperidine rings is 1. The molecule has 1 saturated heterocycles. The van der Waals surface area contributed by atoms with Crippen LogP contribution in [0.1, 0.15) is 25.7 Å². The highest BCUT2D eigenvalue weighted by molar-refractivity contribution is 7.87. The molecule has 7 nitrogen and oxygen atoms in total. The van der Waals surface area contributed by atoms with Gasteiger partial charge in [0, 0.05) is 19.6 Å². The second kappa shape index (κ2) is 7.92. The Morgan fingerprint density at radius 2 is 2.10 bits per heavy atom. The summed E-state index contributed by atoms with van der Waals surface area (Å²) >= 11 is 0. The molecule has 1 aliphatic heterocycles. The standard InChI is InChI=1S/C12H25N3O4S/c1-14(2)8-4-3-7-13-20(18,19)15-9-5-6-11(10-15)12(16)17/h11,13H,3-10H2,1-2H3,(H,16,17). The molecule has 0 radical (unpaired) electrons. The number of hydrogen-bond donors (Lipinski definition) is 2. The summed E-state index contributed by atoms with van der Waals surface area (Å²) in [5.41, 5.74) is 0. The number of unbranched alkanes of at least 4 members (excludes halogenated alkanes) is 1. The fourth-order valence-electron chi connectivity index (χ4n) is 2.21. The summed E-state index contributed by atoms with van der Waals surface area (Å²) in [6.07, 6.45) is 2.84. The number of carbonyl (C=O) groups is 1. The van der Waals surface area contributed by atoms with Crippen molar-refractivity contribution in [2.45, 2.75) is 25.7 Å². The third-order valence-electron chi connectivity index (χ3n) is 3.39. The van der Waals surface area contributed by atoms with E-state index in [1.54, 1.807) is 0 Å². The van der Waals surface area contributed by atoms with Crippen LogP contribution in [-0.4, -0.2) is 69.0 Å². The van der Waals surface area contributed by atoms with E-state index in [0.29, 0.717) is 25.9 Å². The van der Waals surface area contributed by atoms with Gasteiger partial charge in [-0.1, -0.05) is 0 Å². The van der Waals surface area contributed by atoms with Gasteiger partial charge >= 0.3 is 5.97 Å². The van der Waals surface area contributed by atoms with Crippen LogP contribution in [0.4, 0.5) is 0 Å². The van der Waals surface area contributed by atoms with E-state index in [1.807, 2.05) is 14.1 Å². The number of rotatable bonds is 8. The summed E-state index contributed by atoms with van der Waals surface area (Å²) in [5.74, 6) is -1.51. The molecule has 0 aromatic carbocycles. The Hall–Kier alpha value is -0.700. The van der Waals surface area contributed by atoms with Crippen molar-refractivity contribution >= 4 is 16.2 Å². The molecule has 1 aliphatic rings. The smallest absolute Gasteiger partial charge is 0.307 e. The topological polar surface area (TPSA) is 90.0 Å². The maximum absolute atomic E-state index is 12.1. The van der Waals surface area contributed by atoms with Crippen LogP contribution >= 0.6 is 0 Å². The lowest BCUT2D eigenvalue weighted by molar-refractivity contribution is -0.142. The van der Waals surface area contributed by atoms with E-state index < -0.39 is 22.1 Å². The molecule has 1 unspecified atom stereocenters. The number of aliphatic carboxylic acids is 1. The lowest BCUT2D eigenvalue weighted by atomic mass is 10.0. The van der Waals surface area contributed by atoms with E-state index in [0.717, 1.165) is 19.4 Å². The predicted octanol–water partition coefficient (Wildman–Crippen LogP) is -0.0408. The van der Waals surface area contributed by atoms with Gasteiger partial charge in [0.15, 0.2) is 0 Å². The summed E-state index contributed by atoms with van der Waals surface area (Å²) < 4.78 is 27.9. The van der Waals surface area contributed by atoms with Gasteiger partial charge in [0.1, 0.15) is 0 Å². The number of hydrogen-bond acceptors (Lipinski definition) is 4. The highest BCUT2D eigenvalue weighted by Crippen LogP contribution is 2.18. The Kier molecular flexibility index (Phi) is 6.87. The SMILES string of the molecule is CN(C)CCCCNS(=O)(=O)N1CCCC(C(=O)O)C1. The molecule has 1 fully saturated rings. The van der Waals surface area contributed by atoms with Crippen LogP contribution in [0.2, 0.25) is 0 Å². The van der Waals surface area contributed by atoms with Crippen molar-refractivity contribution in [1.29, 1.82) is 0 Å². The minimum absolute atomic E-state index is 0.0718. The van der Waals surface area contributed by atoms with E-state index in [9.17, 15) is 13.2 Å². The molecular weight excluding hydrogens is 282 g/mol. The van der Waals surface area contributed by atoms with Crippen LogP contribution in [0.5, 0.6) is 0 Å². The summed E-state index contributed by atoms with van der Waals surface area (Å²) in [6.45, 7) is 1.79. The van der Waals surface area contributed by atoms with Crippen LogP contribution in [0, 0.1) is 5.92 Å². The molecule has 20 heavy (non-hydrogen) atoms. The van der Waals surface area contributed by atoms with Gasteiger partial charge in [-0.3, -0.25) is 4.79 Å². The molecule has 0 aromatic rings. The Labute approximate surface area is 121 Å². The average Bonchev–Trinajstić information content (AvgIpc) is 2.38. The quantitative estimate of drug-likeness (QED) is 0.614. The third-order valence-corrected chi connectivity index (χ3v) is 4.97. The van der Waals surface area contributed by atoms with Crippen molar-refractivity contribution in [2.24, 2.45) is 5.92 Å². The Balaban J connectivity index is 2.38. The Bertz CT molecular complexity index is 411. The van der Waals surface area contributed by atoms with Crippen molar-refractivity contribution < 1.29 is 18.3 Å². The van der Waals surface area contributed by atoms with Crippen LogP contribution in [-0.2, 0) is 15.0 Å². The molecule has 0 aromatic heterocycles. The highest BCUT2D eigenvalue weighted by atomic mass is 32.2. The van der Waals surface area contributed by atoms with Gasteiger partial charge in [-0.25, -0.2) is 4.72 Å². The van der Waals surface area contributed by atoms with Crippen LogP contribution in [0.15, 0.2) is 0 Å². The maximum Gasteiger partial charge on any atom is 0.307 e. The van der Waals surface area contributed by atoms with E-state index >= 15 is 0 Å². The van der Waals surface area contributed by atoms with Crippen molar-refractivity contribution in [2.75, 3.05) is 40.3 Å². The second-order valence-corrected chi connectivity index (χ2v) is 7.20. The average molecular weight is 307 g/mol. The third kappa shape index (κ3) is 5.74. The lowest BCUT2D eigenvalue weighted by Gasteiger charge is -2.29. The van der Waals surface area contributed by atoms with Gasteiger partial charge in [0.2, 0.25) is 0 Å². The fourth-order valence-corrected chi connectivity index (χ4v) is 3.54. The zero-order chi connectivity index (χ0) is 15.2. The minimum Gasteiger partial charge on any atom is -0.481 e. The second-order valence-electron chi connectivity index (χ2n) is 5.45. The van der Waals surface area contributed by atoms with E-state index in [4.69, 9.17) is 5.11 Å². The molecule has 2 N–H and O–H groups in total. The zero-order valence-electron chi connectivity index (χ0n) is 12.2. The largest absolute Gasteiger partial charge is 0.481 e. The molecule has 0 bridgehead atoms. The van der Waals surface area contributed by atoms with Crippen LogP contribution < -0.4 is 4.72 Å². The Morgan fingerprint density at radius 3 is 2.70 bits per heavy atom. The van der Waals surface area contributed by atoms with E-state index in [2.05, 4.69) is 9.62 Å². The molecule has 8 heteroatoms. The first kappa shape index (κ1) is 17.4. The van der Waals surface area contributed by atoms with Crippen LogP contribution in [0.3, 0.4) is 0 Å². The number of carboxylic acids is 1. The molecule has 0 spiro atoms. The first-order valence-electron chi connectivity index (χ1n) is 6.95. The maximum atomic E-state index is 12.1. The summed E-state index contributed by atoms with van der Waals surface area (Å²) in [5, 5.41) is 8.97. The monoisotopic (exact) mass is 307 g/mol. The van der Waals surface area contributed by atoms with Crippen LogP contribution in [0.25, 0.3) is 0 Å². The van der Waals surface area contributed by atoms with Gasteiger partial charge < -0.3 is 10.0 Å². The minimum atomic E-state index is -3.54. The van der Waals surface area contributed by atoms with Crippen molar-refractivity contribution in [3.05, 3.63) is 0 Å². The van der Waals surface area contributed by atoms with E-state index in [1.165, 1.54) is 4.31 Å². The zero-order valence-corrected chi connectivity index (χ0v) is 13.0. The molecule has 0 aliphatic carbocycles. The molecule has 0 saturated carbocycles. The summed E-state index contributed by atoms with van der Waals surface area (Å²) in [6, 6.07) is 0. The van der Waals surface area contributed by atoms with Gasteiger partial charge in [-0.2, -0.15) is 12.7 Å². The number of nitrogens with zero attached hydrogens (tertiary/aromatic N) is 2. The molecular formula is C12H25N3O4S. The van der Waals surface area contributed by atoms with Crippen molar-refractivity contribution in [3.63, 3.8) is 0 Å². The number of nitrogens with one attached hydrogen (secondary N) is 1. The molecule has 1 rings (SSSR count). The lowest BCUT2D eigenvalue weighted by Crippen LogP contribution is -2.47. The van der Waals surface area contributed by atoms with Gasteiger partial charge in [0.25, 0.3) is 10.2 Å². The summed E-state index contributed by atoms with van der Waals surface area (Å²) in [4.78, 5) is 13.0. The molecule has 1 atom stereocenters. The Morgan fingerprint density at radius 1 is 1.40 bits per heavy atom. The van der Waals surface area contributed by atoms with Crippen molar-refractivity contribution in [3.8, 4) is 0 Å². The predicted molar refractivity (Wildman–Crippen MR) is 76.6 cm³/mol. The number of carboxylic acid groups (broad SMARTS) is 1.